The molecule has 1 saturated heterocycles. The Morgan fingerprint density at radius 3 is 2.86 bits per heavy atom. The van der Waals surface area contributed by atoms with E-state index in [4.69, 9.17) is 0 Å². The van der Waals surface area contributed by atoms with E-state index in [0.717, 1.165) is 54.9 Å². The Morgan fingerprint density at radius 1 is 1.33 bits per heavy atom. The van der Waals surface area contributed by atoms with E-state index in [1.165, 1.54) is 6.42 Å². The van der Waals surface area contributed by atoms with Crippen LogP contribution in [-0.4, -0.2) is 42.5 Å². The van der Waals surface area contributed by atoms with Crippen molar-refractivity contribution >= 4 is 16.8 Å². The molecule has 0 spiro atoms. The first-order valence-corrected chi connectivity index (χ1v) is 7.79. The third-order valence-corrected chi connectivity index (χ3v) is 4.52. The highest BCUT2D eigenvalue weighted by atomic mass is 16.2. The Balaban J connectivity index is 1.67. The normalized spacial score (nSPS) is 16.5. The minimum atomic E-state index is 0.166. The van der Waals surface area contributed by atoms with Gasteiger partial charge in [-0.1, -0.05) is 18.2 Å². The summed E-state index contributed by atoms with van der Waals surface area (Å²) in [6, 6.07) is 7.99. The molecule has 0 unspecified atom stereocenters. The lowest BCUT2D eigenvalue weighted by Crippen LogP contribution is -2.38. The molecular weight excluding hydrogens is 262 g/mol. The number of para-hydroxylation sites is 1. The zero-order valence-electron chi connectivity index (χ0n) is 12.6. The number of benzene rings is 1. The Bertz CT molecular complexity index is 611. The third kappa shape index (κ3) is 2.95. The Morgan fingerprint density at radius 2 is 2.10 bits per heavy atom. The summed E-state index contributed by atoms with van der Waals surface area (Å²) in [5.41, 5.74) is 1.84. The fourth-order valence-corrected chi connectivity index (χ4v) is 3.19. The average Bonchev–Trinajstić information content (AvgIpc) is 2.97. The van der Waals surface area contributed by atoms with Crippen molar-refractivity contribution < 1.29 is 4.79 Å². The van der Waals surface area contributed by atoms with Crippen LogP contribution in [0.25, 0.3) is 10.9 Å². The van der Waals surface area contributed by atoms with Crippen LogP contribution in [0.5, 0.6) is 0 Å². The van der Waals surface area contributed by atoms with E-state index >= 15 is 0 Å². The molecular formula is C17H23N3O. The second-order valence-corrected chi connectivity index (χ2v) is 5.88. The summed E-state index contributed by atoms with van der Waals surface area (Å²) >= 11 is 0. The second-order valence-electron chi connectivity index (χ2n) is 5.88. The number of H-pyrrole nitrogens is 1. The molecule has 2 N–H and O–H groups in total. The van der Waals surface area contributed by atoms with Crippen LogP contribution < -0.4 is 5.32 Å². The molecule has 0 atom stereocenters. The van der Waals surface area contributed by atoms with Crippen LogP contribution in [0.2, 0.25) is 0 Å². The van der Waals surface area contributed by atoms with Gasteiger partial charge < -0.3 is 15.2 Å². The number of nitrogens with one attached hydrogen (secondary N) is 2. The van der Waals surface area contributed by atoms with E-state index in [9.17, 15) is 4.79 Å². The quantitative estimate of drug-likeness (QED) is 0.907. The van der Waals surface area contributed by atoms with Crippen LogP contribution in [-0.2, 0) is 0 Å². The highest BCUT2D eigenvalue weighted by Crippen LogP contribution is 2.24. The van der Waals surface area contributed by atoms with Gasteiger partial charge in [0.15, 0.2) is 0 Å². The van der Waals surface area contributed by atoms with Crippen molar-refractivity contribution in [1.29, 1.82) is 0 Å². The molecule has 21 heavy (non-hydrogen) atoms. The van der Waals surface area contributed by atoms with Gasteiger partial charge in [-0.15, -0.1) is 0 Å². The molecule has 1 amide bonds. The van der Waals surface area contributed by atoms with Gasteiger partial charge in [0.2, 0.25) is 0 Å². The standard InChI is InChI=1S/C17H23N3O/c1-18-9-6-13-7-10-20(11-8-13)17(21)15-12-19-16-5-3-2-4-14(15)16/h2-5,12-13,18-19H,6-11H2,1H3. The predicted octanol–water partition coefficient (Wildman–Crippen LogP) is 2.63. The first kappa shape index (κ1) is 14.1. The van der Waals surface area contributed by atoms with E-state index in [-0.39, 0.29) is 5.91 Å². The summed E-state index contributed by atoms with van der Waals surface area (Å²) in [4.78, 5) is 17.9. The van der Waals surface area contributed by atoms with Crippen LogP contribution in [0.15, 0.2) is 30.5 Å². The van der Waals surface area contributed by atoms with Crippen LogP contribution in [0.4, 0.5) is 0 Å². The summed E-state index contributed by atoms with van der Waals surface area (Å²) in [5, 5.41) is 4.23. The van der Waals surface area contributed by atoms with E-state index in [2.05, 4.69) is 10.3 Å². The van der Waals surface area contributed by atoms with Crippen LogP contribution in [0.1, 0.15) is 29.6 Å². The summed E-state index contributed by atoms with van der Waals surface area (Å²) in [6.45, 7) is 2.83. The molecule has 112 valence electrons. The van der Waals surface area contributed by atoms with Crippen molar-refractivity contribution in [3.63, 3.8) is 0 Å². The number of nitrogens with zero attached hydrogens (tertiary/aromatic N) is 1. The molecule has 1 aliphatic rings. The number of aromatic nitrogens is 1. The smallest absolute Gasteiger partial charge is 0.256 e. The van der Waals surface area contributed by atoms with Crippen molar-refractivity contribution in [3.8, 4) is 0 Å². The van der Waals surface area contributed by atoms with Gasteiger partial charge in [-0.3, -0.25) is 4.79 Å². The first-order valence-electron chi connectivity index (χ1n) is 7.79. The Hall–Kier alpha value is -1.81. The number of piperidine rings is 1. The predicted molar refractivity (Wildman–Crippen MR) is 85.5 cm³/mol. The number of amides is 1. The number of carbonyl (C=O) groups is 1. The Kier molecular flexibility index (Phi) is 4.25. The van der Waals surface area contributed by atoms with Gasteiger partial charge in [0, 0.05) is 30.2 Å². The van der Waals surface area contributed by atoms with Crippen molar-refractivity contribution in [3.05, 3.63) is 36.0 Å². The summed E-state index contributed by atoms with van der Waals surface area (Å²) < 4.78 is 0. The molecule has 0 bridgehead atoms. The fourth-order valence-electron chi connectivity index (χ4n) is 3.19. The van der Waals surface area contributed by atoms with Gasteiger partial charge >= 0.3 is 0 Å². The summed E-state index contributed by atoms with van der Waals surface area (Å²) in [6.07, 6.45) is 5.30. The second kappa shape index (κ2) is 6.31. The van der Waals surface area contributed by atoms with Crippen molar-refractivity contribution in [2.24, 2.45) is 5.92 Å². The molecule has 2 aromatic rings. The lowest BCUT2D eigenvalue weighted by atomic mass is 9.93. The largest absolute Gasteiger partial charge is 0.360 e. The van der Waals surface area contributed by atoms with E-state index < -0.39 is 0 Å². The molecule has 1 aromatic carbocycles. The van der Waals surface area contributed by atoms with Gasteiger partial charge in [-0.25, -0.2) is 0 Å². The van der Waals surface area contributed by atoms with Gasteiger partial charge in [-0.2, -0.15) is 0 Å². The number of fused-ring (bicyclic) bond motifs is 1. The number of likely N-dealkylation sites (tertiary alicyclic amines) is 1. The number of carbonyl (C=O) groups excluding carboxylic acids is 1. The van der Waals surface area contributed by atoms with Gasteiger partial charge in [0.1, 0.15) is 0 Å². The molecule has 2 heterocycles. The van der Waals surface area contributed by atoms with E-state index in [0.29, 0.717) is 0 Å². The van der Waals surface area contributed by atoms with Gasteiger partial charge in [0.25, 0.3) is 5.91 Å². The first-order chi connectivity index (χ1) is 10.3. The molecule has 0 radical (unpaired) electrons. The maximum Gasteiger partial charge on any atom is 0.256 e. The average molecular weight is 285 g/mol. The maximum absolute atomic E-state index is 12.7. The van der Waals surface area contributed by atoms with Crippen LogP contribution in [0.3, 0.4) is 0 Å². The monoisotopic (exact) mass is 285 g/mol. The fraction of sp³-hybridized carbons (Fsp3) is 0.471. The zero-order valence-corrected chi connectivity index (χ0v) is 12.6. The molecule has 3 rings (SSSR count). The molecule has 0 saturated carbocycles. The number of hydrogen-bond donors (Lipinski definition) is 2. The van der Waals surface area contributed by atoms with Crippen LogP contribution in [0, 0.1) is 5.92 Å². The number of rotatable bonds is 4. The van der Waals surface area contributed by atoms with Crippen molar-refractivity contribution in [1.82, 2.24) is 15.2 Å². The zero-order chi connectivity index (χ0) is 14.7. The van der Waals surface area contributed by atoms with E-state index in [1.54, 1.807) is 0 Å². The number of hydrogen-bond acceptors (Lipinski definition) is 2. The van der Waals surface area contributed by atoms with Crippen LogP contribution >= 0.6 is 0 Å². The molecule has 1 aliphatic heterocycles. The molecule has 1 aromatic heterocycles. The third-order valence-electron chi connectivity index (χ3n) is 4.52. The lowest BCUT2D eigenvalue weighted by molar-refractivity contribution is 0.0689. The Labute approximate surface area is 125 Å². The van der Waals surface area contributed by atoms with Gasteiger partial charge in [-0.05, 0) is 44.8 Å². The topological polar surface area (TPSA) is 48.1 Å². The summed E-state index contributed by atoms with van der Waals surface area (Å²) in [5.74, 6) is 0.920. The highest BCUT2D eigenvalue weighted by molar-refractivity contribution is 6.06. The van der Waals surface area contributed by atoms with E-state index in [1.807, 2.05) is 42.4 Å². The number of aromatic amines is 1. The van der Waals surface area contributed by atoms with Crippen molar-refractivity contribution in [2.75, 3.05) is 26.7 Å². The minimum absolute atomic E-state index is 0.166. The molecule has 4 heteroatoms. The summed E-state index contributed by atoms with van der Waals surface area (Å²) in [7, 11) is 2.00. The van der Waals surface area contributed by atoms with Gasteiger partial charge in [0.05, 0.1) is 5.56 Å². The lowest BCUT2D eigenvalue weighted by Gasteiger charge is -2.32. The highest BCUT2D eigenvalue weighted by Gasteiger charge is 2.24. The maximum atomic E-state index is 12.7. The minimum Gasteiger partial charge on any atom is -0.360 e. The molecule has 0 aliphatic carbocycles. The SMILES string of the molecule is CNCCC1CCN(C(=O)c2c[nH]c3ccccc23)CC1. The molecule has 1 fully saturated rings. The molecule has 4 nitrogen and oxygen atoms in total. The van der Waals surface area contributed by atoms with Crippen molar-refractivity contribution in [2.45, 2.75) is 19.3 Å².